The van der Waals surface area contributed by atoms with Crippen molar-refractivity contribution in [1.82, 2.24) is 29.3 Å². The van der Waals surface area contributed by atoms with Crippen LogP contribution in [-0.2, 0) is 11.3 Å². The highest BCUT2D eigenvalue weighted by Gasteiger charge is 2.31. The van der Waals surface area contributed by atoms with Gasteiger partial charge < -0.3 is 19.9 Å². The van der Waals surface area contributed by atoms with Gasteiger partial charge in [-0.15, -0.1) is 0 Å². The van der Waals surface area contributed by atoms with Crippen molar-refractivity contribution in [3.05, 3.63) is 54.6 Å². The molecule has 0 bridgehead atoms. The van der Waals surface area contributed by atoms with E-state index in [2.05, 4.69) is 15.1 Å². The van der Waals surface area contributed by atoms with Crippen molar-refractivity contribution in [3.8, 4) is 34.3 Å². The third-order valence-corrected chi connectivity index (χ3v) is 6.25. The Hall–Kier alpha value is -4.35. The van der Waals surface area contributed by atoms with Crippen LogP contribution in [0.1, 0.15) is 12.8 Å². The molecule has 0 radical (unpaired) electrons. The highest BCUT2D eigenvalue weighted by molar-refractivity contribution is 5.84. The number of nitrogens with two attached hydrogens (primary N) is 1. The number of anilines is 1. The summed E-state index contributed by atoms with van der Waals surface area (Å²) in [5.74, 6) is 0.314. The number of pyridine rings is 1. The van der Waals surface area contributed by atoms with E-state index in [1.807, 2.05) is 9.47 Å². The summed E-state index contributed by atoms with van der Waals surface area (Å²) in [7, 11) is 0. The number of halogens is 2. The smallest absolute Gasteiger partial charge is 0.240 e. The van der Waals surface area contributed by atoms with E-state index in [0.29, 0.717) is 60.6 Å². The number of primary amides is 1. The van der Waals surface area contributed by atoms with Gasteiger partial charge in [-0.2, -0.15) is 5.10 Å². The second-order valence-electron chi connectivity index (χ2n) is 8.38. The number of nitrogens with zero attached hydrogens (tertiary/aromatic N) is 7. The normalized spacial score (nSPS) is 17.0. The lowest BCUT2D eigenvalue weighted by Gasteiger charge is -2.23. The van der Waals surface area contributed by atoms with Crippen LogP contribution in [0.4, 0.5) is 14.6 Å². The summed E-state index contributed by atoms with van der Waals surface area (Å²) in [6, 6.07) is 4.67. The van der Waals surface area contributed by atoms with Gasteiger partial charge in [0, 0.05) is 31.1 Å². The molecule has 0 spiro atoms. The third-order valence-electron chi connectivity index (χ3n) is 6.25. The first-order chi connectivity index (χ1) is 17.0. The average Bonchev–Trinajstić information content (AvgIpc) is 3.57. The number of amides is 1. The molecule has 1 saturated heterocycles. The fourth-order valence-corrected chi connectivity index (χ4v) is 4.62. The van der Waals surface area contributed by atoms with Crippen molar-refractivity contribution in [2.75, 3.05) is 18.1 Å². The minimum absolute atomic E-state index is 0.0618. The molecule has 5 heterocycles. The molecular weight excluding hydrogens is 458 g/mol. The monoisotopic (exact) mass is 478 g/mol. The van der Waals surface area contributed by atoms with Crippen molar-refractivity contribution < 1.29 is 18.3 Å². The maximum atomic E-state index is 14.4. The topological polar surface area (TPSA) is 117 Å². The van der Waals surface area contributed by atoms with Crippen molar-refractivity contribution in [2.45, 2.75) is 25.4 Å². The van der Waals surface area contributed by atoms with Crippen LogP contribution in [0.25, 0.3) is 28.6 Å². The van der Waals surface area contributed by atoms with Crippen molar-refractivity contribution in [3.63, 3.8) is 0 Å². The van der Waals surface area contributed by atoms with Gasteiger partial charge >= 0.3 is 0 Å². The predicted molar refractivity (Wildman–Crippen MR) is 121 cm³/mol. The first kappa shape index (κ1) is 21.2. The molecule has 1 amide bonds. The lowest BCUT2D eigenvalue weighted by atomic mass is 10.2. The van der Waals surface area contributed by atoms with Crippen LogP contribution < -0.4 is 15.4 Å². The molecule has 178 valence electrons. The largest absolute Gasteiger partial charge is 0.491 e. The molecule has 2 aliphatic heterocycles. The number of aromatic nitrogens is 6. The first-order valence-corrected chi connectivity index (χ1v) is 11.1. The van der Waals surface area contributed by atoms with Gasteiger partial charge in [0.05, 0.1) is 12.1 Å². The molecule has 2 N–H and O–H groups in total. The van der Waals surface area contributed by atoms with Crippen LogP contribution in [0.5, 0.6) is 5.75 Å². The Morgan fingerprint density at radius 2 is 2.03 bits per heavy atom. The second kappa shape index (κ2) is 8.15. The fourth-order valence-electron chi connectivity index (χ4n) is 4.62. The van der Waals surface area contributed by atoms with E-state index >= 15 is 0 Å². The maximum Gasteiger partial charge on any atom is 0.240 e. The lowest BCUT2D eigenvalue weighted by Crippen LogP contribution is -2.40. The molecule has 1 aromatic carbocycles. The standard InChI is InChI=1S/C23H20F2N8O2/c24-13-3-4-17(15(25)8-13)33-23(28-12-29-33)16-11-31-6-7-35-19-9-20(27-10-14(19)22(31)30-16)32-5-1-2-18(32)21(26)34/h3-4,8-12,18H,1-2,5-7H2,(H2,26,34)/t18-/m0/s1. The van der Waals surface area contributed by atoms with Gasteiger partial charge in [-0.1, -0.05) is 0 Å². The highest BCUT2D eigenvalue weighted by Crippen LogP contribution is 2.36. The Balaban J connectivity index is 1.39. The highest BCUT2D eigenvalue weighted by atomic mass is 19.1. The Kier molecular flexibility index (Phi) is 4.94. The van der Waals surface area contributed by atoms with E-state index in [1.165, 1.54) is 17.1 Å². The van der Waals surface area contributed by atoms with Gasteiger partial charge in [0.25, 0.3) is 0 Å². The quantitative estimate of drug-likeness (QED) is 0.478. The van der Waals surface area contributed by atoms with Crippen LogP contribution in [0.15, 0.2) is 43.0 Å². The van der Waals surface area contributed by atoms with Crippen LogP contribution in [0.2, 0.25) is 0 Å². The summed E-state index contributed by atoms with van der Waals surface area (Å²) in [6.07, 6.45) is 6.29. The predicted octanol–water partition coefficient (Wildman–Crippen LogP) is 2.32. The van der Waals surface area contributed by atoms with E-state index in [0.717, 1.165) is 18.6 Å². The number of carbonyl (C=O) groups is 1. The van der Waals surface area contributed by atoms with Gasteiger partial charge in [-0.3, -0.25) is 4.79 Å². The zero-order valence-electron chi connectivity index (χ0n) is 18.4. The van der Waals surface area contributed by atoms with Crippen LogP contribution in [0, 0.1) is 11.6 Å². The fraction of sp³-hybridized carbons (Fsp3) is 0.261. The van der Waals surface area contributed by atoms with E-state index in [-0.39, 0.29) is 11.6 Å². The summed E-state index contributed by atoms with van der Waals surface area (Å²) < 4.78 is 37.0. The van der Waals surface area contributed by atoms with E-state index in [4.69, 9.17) is 15.5 Å². The second-order valence-corrected chi connectivity index (χ2v) is 8.38. The molecule has 1 fully saturated rings. The van der Waals surface area contributed by atoms with Crippen molar-refractivity contribution in [2.24, 2.45) is 5.73 Å². The Morgan fingerprint density at radius 1 is 1.14 bits per heavy atom. The number of hydrogen-bond acceptors (Lipinski definition) is 7. The summed E-state index contributed by atoms with van der Waals surface area (Å²) in [5, 5.41) is 4.11. The first-order valence-electron chi connectivity index (χ1n) is 11.1. The summed E-state index contributed by atoms with van der Waals surface area (Å²) in [4.78, 5) is 27.3. The van der Waals surface area contributed by atoms with E-state index in [1.54, 1.807) is 18.5 Å². The van der Waals surface area contributed by atoms with Crippen molar-refractivity contribution >= 4 is 11.7 Å². The number of imidazole rings is 1. The molecule has 0 saturated carbocycles. The molecule has 0 aliphatic carbocycles. The molecule has 6 rings (SSSR count). The van der Waals surface area contributed by atoms with Gasteiger partial charge in [0.15, 0.2) is 11.6 Å². The molecular formula is C23H20F2N8O2. The number of carbonyl (C=O) groups excluding carboxylic acids is 1. The summed E-state index contributed by atoms with van der Waals surface area (Å²) >= 11 is 0. The Labute approximate surface area is 198 Å². The number of ether oxygens (including phenoxy) is 1. The molecule has 10 nitrogen and oxygen atoms in total. The SMILES string of the molecule is NC(=O)[C@@H]1CCCN1c1cc2c(cn1)-c1nc(-c3ncnn3-c3ccc(F)cc3F)cn1CCO2. The Bertz CT molecular complexity index is 1450. The molecule has 4 aromatic rings. The molecule has 2 aliphatic rings. The molecule has 1 atom stereocenters. The van der Waals surface area contributed by atoms with Gasteiger partial charge in [0.2, 0.25) is 5.91 Å². The number of hydrogen-bond donors (Lipinski definition) is 1. The molecule has 35 heavy (non-hydrogen) atoms. The van der Waals surface area contributed by atoms with E-state index < -0.39 is 17.7 Å². The van der Waals surface area contributed by atoms with Gasteiger partial charge in [-0.25, -0.2) is 28.4 Å². The van der Waals surface area contributed by atoms with Gasteiger partial charge in [-0.05, 0) is 25.0 Å². The van der Waals surface area contributed by atoms with E-state index in [9.17, 15) is 13.6 Å². The number of rotatable bonds is 4. The van der Waals surface area contributed by atoms with Gasteiger partial charge in [0.1, 0.15) is 53.6 Å². The maximum absolute atomic E-state index is 14.4. The average molecular weight is 478 g/mol. The molecule has 0 unspecified atom stereocenters. The van der Waals surface area contributed by atoms with Crippen LogP contribution in [-0.4, -0.2) is 54.4 Å². The summed E-state index contributed by atoms with van der Waals surface area (Å²) in [6.45, 7) is 1.59. The van der Waals surface area contributed by atoms with Crippen molar-refractivity contribution in [1.29, 1.82) is 0 Å². The molecule has 3 aromatic heterocycles. The summed E-state index contributed by atoms with van der Waals surface area (Å²) in [5.41, 5.74) is 6.76. The minimum Gasteiger partial charge on any atom is -0.491 e. The van der Waals surface area contributed by atoms with Crippen LogP contribution in [0.3, 0.4) is 0 Å². The Morgan fingerprint density at radius 3 is 2.86 bits per heavy atom. The minimum atomic E-state index is -0.760. The zero-order chi connectivity index (χ0) is 24.1. The third kappa shape index (κ3) is 3.57. The zero-order valence-corrected chi connectivity index (χ0v) is 18.4. The van der Waals surface area contributed by atoms with Crippen LogP contribution >= 0.6 is 0 Å². The number of fused-ring (bicyclic) bond motifs is 3. The lowest BCUT2D eigenvalue weighted by molar-refractivity contribution is -0.119. The number of benzene rings is 1. The molecule has 12 heteroatoms.